The number of amides is 4. The van der Waals surface area contributed by atoms with E-state index in [-0.39, 0.29) is 30.3 Å². The second-order valence-electron chi connectivity index (χ2n) is 8.89. The fourth-order valence-electron chi connectivity index (χ4n) is 5.44. The SMILES string of the molecule is CC1CCCCC12NC(=O)N(CC(=O)N1CCc3sccc3C1c1ccccc1)C2=O. The van der Waals surface area contributed by atoms with Gasteiger partial charge in [0.25, 0.3) is 5.91 Å². The third-order valence-corrected chi connectivity index (χ3v) is 8.19. The number of hydrogen-bond acceptors (Lipinski definition) is 4. The van der Waals surface area contributed by atoms with Crippen LogP contribution in [0, 0.1) is 5.92 Å². The van der Waals surface area contributed by atoms with Gasteiger partial charge in [0.05, 0.1) is 6.04 Å². The van der Waals surface area contributed by atoms with Crippen LogP contribution >= 0.6 is 11.3 Å². The average molecular weight is 438 g/mol. The van der Waals surface area contributed by atoms with E-state index in [1.165, 1.54) is 4.88 Å². The zero-order valence-corrected chi connectivity index (χ0v) is 18.5. The Bertz CT molecular complexity index is 1020. The molecule has 2 fully saturated rings. The molecule has 7 heteroatoms. The maximum absolute atomic E-state index is 13.5. The second kappa shape index (κ2) is 7.79. The van der Waals surface area contributed by atoms with Gasteiger partial charge in [-0.15, -0.1) is 11.3 Å². The van der Waals surface area contributed by atoms with Crippen LogP contribution in [0.25, 0.3) is 0 Å². The molecule has 4 amide bonds. The highest BCUT2D eigenvalue weighted by molar-refractivity contribution is 7.10. The summed E-state index contributed by atoms with van der Waals surface area (Å²) in [7, 11) is 0. The number of rotatable bonds is 3. The Kier molecular flexibility index (Phi) is 5.08. The maximum Gasteiger partial charge on any atom is 0.325 e. The molecule has 0 bridgehead atoms. The number of nitrogens with one attached hydrogen (secondary N) is 1. The van der Waals surface area contributed by atoms with E-state index in [0.717, 1.165) is 41.7 Å². The molecule has 1 aliphatic carbocycles. The number of nitrogens with zero attached hydrogens (tertiary/aromatic N) is 2. The van der Waals surface area contributed by atoms with Gasteiger partial charge in [-0.3, -0.25) is 14.5 Å². The van der Waals surface area contributed by atoms with E-state index in [4.69, 9.17) is 0 Å². The number of urea groups is 1. The monoisotopic (exact) mass is 437 g/mol. The van der Waals surface area contributed by atoms with Crippen LogP contribution < -0.4 is 5.32 Å². The molecule has 3 atom stereocenters. The summed E-state index contributed by atoms with van der Waals surface area (Å²) in [6.45, 7) is 2.40. The molecule has 3 unspecified atom stereocenters. The summed E-state index contributed by atoms with van der Waals surface area (Å²) in [6.07, 6.45) is 4.35. The predicted molar refractivity (Wildman–Crippen MR) is 119 cm³/mol. The van der Waals surface area contributed by atoms with Crippen molar-refractivity contribution in [1.82, 2.24) is 15.1 Å². The molecule has 1 aromatic carbocycles. The lowest BCUT2D eigenvalue weighted by Gasteiger charge is -2.38. The van der Waals surface area contributed by atoms with E-state index < -0.39 is 11.6 Å². The third kappa shape index (κ3) is 3.26. The average Bonchev–Trinajstić information content (AvgIpc) is 3.35. The molecule has 1 saturated carbocycles. The fraction of sp³-hybridized carbons (Fsp3) is 0.458. The molecule has 5 rings (SSSR count). The summed E-state index contributed by atoms with van der Waals surface area (Å²) >= 11 is 1.72. The minimum atomic E-state index is -0.836. The minimum absolute atomic E-state index is 0.0817. The minimum Gasteiger partial charge on any atom is -0.330 e. The molecule has 2 aromatic rings. The van der Waals surface area contributed by atoms with Gasteiger partial charge in [0.1, 0.15) is 12.1 Å². The molecule has 0 radical (unpaired) electrons. The normalized spacial score (nSPS) is 28.0. The highest BCUT2D eigenvalue weighted by atomic mass is 32.1. The van der Waals surface area contributed by atoms with Crippen molar-refractivity contribution in [3.05, 3.63) is 57.8 Å². The first-order chi connectivity index (χ1) is 15.0. The fourth-order valence-corrected chi connectivity index (χ4v) is 6.35. The Morgan fingerprint density at radius 3 is 2.77 bits per heavy atom. The van der Waals surface area contributed by atoms with Gasteiger partial charge in [-0.25, -0.2) is 4.79 Å². The summed E-state index contributed by atoms with van der Waals surface area (Å²) < 4.78 is 0. The van der Waals surface area contributed by atoms with Gasteiger partial charge in [-0.1, -0.05) is 50.1 Å². The van der Waals surface area contributed by atoms with Crippen LogP contribution in [-0.2, 0) is 16.0 Å². The molecule has 3 heterocycles. The Labute approximate surface area is 186 Å². The van der Waals surface area contributed by atoms with Crippen molar-refractivity contribution in [2.24, 2.45) is 5.92 Å². The number of imide groups is 1. The molecule has 31 heavy (non-hydrogen) atoms. The molecule has 1 spiro atoms. The summed E-state index contributed by atoms with van der Waals surface area (Å²) in [4.78, 5) is 43.8. The van der Waals surface area contributed by atoms with Gasteiger partial charge in [0.15, 0.2) is 0 Å². The van der Waals surface area contributed by atoms with Crippen molar-refractivity contribution in [3.8, 4) is 0 Å². The van der Waals surface area contributed by atoms with E-state index in [1.54, 1.807) is 11.3 Å². The number of carbonyl (C=O) groups is 3. The molecule has 1 saturated heterocycles. The highest BCUT2D eigenvalue weighted by Crippen LogP contribution is 2.40. The number of thiophene rings is 1. The van der Waals surface area contributed by atoms with E-state index in [9.17, 15) is 14.4 Å². The molecule has 1 N–H and O–H groups in total. The van der Waals surface area contributed by atoms with Crippen LogP contribution in [0.4, 0.5) is 4.79 Å². The lowest BCUT2D eigenvalue weighted by molar-refractivity contribution is -0.141. The smallest absolute Gasteiger partial charge is 0.325 e. The largest absolute Gasteiger partial charge is 0.330 e. The molecule has 162 valence electrons. The number of carbonyl (C=O) groups excluding carboxylic acids is 3. The maximum atomic E-state index is 13.5. The first-order valence-electron chi connectivity index (χ1n) is 11.1. The summed E-state index contributed by atoms with van der Waals surface area (Å²) in [5, 5.41) is 5.02. The summed E-state index contributed by atoms with van der Waals surface area (Å²) in [5.74, 6) is -0.338. The Hall–Kier alpha value is -2.67. The van der Waals surface area contributed by atoms with E-state index in [2.05, 4.69) is 16.8 Å². The summed E-state index contributed by atoms with van der Waals surface area (Å²) in [5.41, 5.74) is 1.35. The van der Waals surface area contributed by atoms with E-state index in [1.807, 2.05) is 42.2 Å². The first-order valence-corrected chi connectivity index (χ1v) is 11.9. The number of hydrogen-bond donors (Lipinski definition) is 1. The van der Waals surface area contributed by atoms with Crippen molar-refractivity contribution in [2.75, 3.05) is 13.1 Å². The van der Waals surface area contributed by atoms with Gasteiger partial charge in [-0.05, 0) is 47.8 Å². The van der Waals surface area contributed by atoms with Crippen LogP contribution in [0.3, 0.4) is 0 Å². The zero-order chi connectivity index (χ0) is 21.6. The van der Waals surface area contributed by atoms with Gasteiger partial charge in [0, 0.05) is 11.4 Å². The number of fused-ring (bicyclic) bond motifs is 1. The van der Waals surface area contributed by atoms with Gasteiger partial charge >= 0.3 is 6.03 Å². The highest BCUT2D eigenvalue weighted by Gasteiger charge is 2.55. The lowest BCUT2D eigenvalue weighted by atomic mass is 9.73. The molecule has 2 aliphatic heterocycles. The van der Waals surface area contributed by atoms with Crippen LogP contribution in [0.15, 0.2) is 41.8 Å². The standard InChI is InChI=1S/C24H27N3O3S/c1-16-7-5-6-12-24(16)22(29)27(23(30)25-24)15-20(28)26-13-10-19-18(11-14-31-19)21(26)17-8-3-2-4-9-17/h2-4,8-9,11,14,16,21H,5-7,10,12-13,15H2,1H3,(H,25,30). The van der Waals surface area contributed by atoms with Crippen LogP contribution in [-0.4, -0.2) is 46.3 Å². The third-order valence-electron chi connectivity index (χ3n) is 7.20. The van der Waals surface area contributed by atoms with Gasteiger partial charge in [-0.2, -0.15) is 0 Å². The van der Waals surface area contributed by atoms with Crippen molar-refractivity contribution in [2.45, 2.75) is 50.6 Å². The summed E-state index contributed by atoms with van der Waals surface area (Å²) in [6, 6.07) is 11.4. The Morgan fingerprint density at radius 2 is 2.00 bits per heavy atom. The van der Waals surface area contributed by atoms with Crippen molar-refractivity contribution < 1.29 is 14.4 Å². The molecule has 6 nitrogen and oxygen atoms in total. The molecular formula is C24H27N3O3S. The van der Waals surface area contributed by atoms with Crippen molar-refractivity contribution >= 4 is 29.2 Å². The molecule has 1 aromatic heterocycles. The predicted octanol–water partition coefficient (Wildman–Crippen LogP) is 3.72. The van der Waals surface area contributed by atoms with Crippen LogP contribution in [0.2, 0.25) is 0 Å². The topological polar surface area (TPSA) is 69.7 Å². The number of benzene rings is 1. The zero-order valence-electron chi connectivity index (χ0n) is 17.7. The quantitative estimate of drug-likeness (QED) is 0.744. The van der Waals surface area contributed by atoms with E-state index in [0.29, 0.717) is 13.0 Å². The lowest BCUT2D eigenvalue weighted by Crippen LogP contribution is -2.54. The molecule has 3 aliphatic rings. The van der Waals surface area contributed by atoms with Crippen molar-refractivity contribution in [3.63, 3.8) is 0 Å². The second-order valence-corrected chi connectivity index (χ2v) is 9.89. The molecular weight excluding hydrogens is 410 g/mol. The van der Waals surface area contributed by atoms with Crippen LogP contribution in [0.5, 0.6) is 0 Å². The van der Waals surface area contributed by atoms with Gasteiger partial charge < -0.3 is 10.2 Å². The van der Waals surface area contributed by atoms with Crippen LogP contribution in [0.1, 0.15) is 54.7 Å². The van der Waals surface area contributed by atoms with E-state index >= 15 is 0 Å². The van der Waals surface area contributed by atoms with Gasteiger partial charge in [0.2, 0.25) is 5.91 Å². The Morgan fingerprint density at radius 1 is 1.19 bits per heavy atom. The Balaban J connectivity index is 1.41. The van der Waals surface area contributed by atoms with Crippen molar-refractivity contribution in [1.29, 1.82) is 0 Å². The first kappa shape index (κ1) is 20.2.